The van der Waals surface area contributed by atoms with Crippen LogP contribution in [0.15, 0.2) is 35.2 Å². The van der Waals surface area contributed by atoms with Crippen molar-refractivity contribution in [1.82, 2.24) is 15.1 Å². The molecule has 0 atom stereocenters. The third-order valence-corrected chi connectivity index (χ3v) is 5.26. The Labute approximate surface area is 154 Å². The summed E-state index contributed by atoms with van der Waals surface area (Å²) in [5, 5.41) is 9.27. The highest BCUT2D eigenvalue weighted by Gasteiger charge is 2.36. The van der Waals surface area contributed by atoms with Crippen molar-refractivity contribution < 1.29 is 9.26 Å². The minimum Gasteiger partial charge on any atom is -0.381 e. The summed E-state index contributed by atoms with van der Waals surface area (Å²) in [6, 6.07) is 5.67. The molecule has 2 aromatic heterocycles. The summed E-state index contributed by atoms with van der Waals surface area (Å²) in [4.78, 5) is 8.38. The Kier molecular flexibility index (Phi) is 4.50. The molecule has 3 aromatic rings. The number of halogens is 2. The Bertz CT molecular complexity index is 893. The number of hydrogen-bond donors (Lipinski definition) is 1. The second-order valence-corrected chi connectivity index (χ2v) is 6.98. The van der Waals surface area contributed by atoms with Gasteiger partial charge in [0.1, 0.15) is 17.5 Å². The predicted molar refractivity (Wildman–Crippen MR) is 96.3 cm³/mol. The summed E-state index contributed by atoms with van der Waals surface area (Å²) >= 11 is 12.6. The van der Waals surface area contributed by atoms with E-state index in [9.17, 15) is 0 Å². The molecule has 0 amide bonds. The van der Waals surface area contributed by atoms with Gasteiger partial charge in [-0.3, -0.25) is 0 Å². The van der Waals surface area contributed by atoms with Gasteiger partial charge in [0, 0.05) is 35.2 Å². The summed E-state index contributed by atoms with van der Waals surface area (Å²) in [7, 11) is 0. The summed E-state index contributed by atoms with van der Waals surface area (Å²) < 4.78 is 10.7. The number of rotatable bonds is 4. The average Bonchev–Trinajstić information content (AvgIpc) is 3.10. The van der Waals surface area contributed by atoms with E-state index >= 15 is 0 Å². The third-order valence-electron chi connectivity index (χ3n) is 4.71. The lowest BCUT2D eigenvalue weighted by atomic mass is 9.74. The van der Waals surface area contributed by atoms with E-state index in [2.05, 4.69) is 20.4 Å². The zero-order chi connectivity index (χ0) is 17.3. The molecule has 1 aromatic carbocycles. The van der Waals surface area contributed by atoms with Crippen LogP contribution in [-0.4, -0.2) is 34.9 Å². The molecule has 8 heteroatoms. The predicted octanol–water partition coefficient (Wildman–Crippen LogP) is 4.08. The van der Waals surface area contributed by atoms with E-state index in [-0.39, 0.29) is 5.41 Å². The summed E-state index contributed by atoms with van der Waals surface area (Å²) in [6.45, 7) is 2.04. The number of nitrogens with zero attached hydrogens (tertiary/aromatic N) is 3. The zero-order valence-corrected chi connectivity index (χ0v) is 14.8. The average molecular weight is 379 g/mol. The number of ether oxygens (including phenoxy) is 1. The van der Waals surface area contributed by atoms with Gasteiger partial charge in [-0.15, -0.1) is 0 Å². The Morgan fingerprint density at radius 1 is 1.16 bits per heavy atom. The van der Waals surface area contributed by atoms with E-state index in [0.717, 1.165) is 23.8 Å². The number of nitrogens with one attached hydrogen (secondary N) is 1. The Hall–Kier alpha value is -1.89. The van der Waals surface area contributed by atoms with Gasteiger partial charge in [-0.25, -0.2) is 4.98 Å². The molecule has 1 aliphatic rings. The van der Waals surface area contributed by atoms with Crippen LogP contribution >= 0.6 is 23.2 Å². The fourth-order valence-electron chi connectivity index (χ4n) is 3.31. The van der Waals surface area contributed by atoms with E-state index < -0.39 is 0 Å². The summed E-state index contributed by atoms with van der Waals surface area (Å²) in [5.41, 5.74) is 1.38. The molecule has 1 fully saturated rings. The minimum atomic E-state index is -0.158. The lowest BCUT2D eigenvalue weighted by molar-refractivity contribution is 0.0544. The SMILES string of the molecule is Clc1ccc(C2(CNc3ncnc4oncc34)CCOCC2)c(Cl)c1. The largest absolute Gasteiger partial charge is 0.381 e. The van der Waals surface area contributed by atoms with E-state index in [0.29, 0.717) is 41.3 Å². The van der Waals surface area contributed by atoms with Crippen molar-refractivity contribution in [3.63, 3.8) is 0 Å². The second-order valence-electron chi connectivity index (χ2n) is 6.14. The van der Waals surface area contributed by atoms with Crippen LogP contribution in [0, 0.1) is 0 Å². The topological polar surface area (TPSA) is 73.1 Å². The maximum atomic E-state index is 6.51. The van der Waals surface area contributed by atoms with Crippen LogP contribution in [0.25, 0.3) is 11.1 Å². The lowest BCUT2D eigenvalue weighted by Crippen LogP contribution is -2.40. The molecule has 1 saturated heterocycles. The van der Waals surface area contributed by atoms with Gasteiger partial charge in [0.25, 0.3) is 5.71 Å². The first kappa shape index (κ1) is 16.6. The quantitative estimate of drug-likeness (QED) is 0.736. The fourth-order valence-corrected chi connectivity index (χ4v) is 3.92. The molecule has 0 saturated carbocycles. The van der Waals surface area contributed by atoms with Gasteiger partial charge in [-0.05, 0) is 30.5 Å². The van der Waals surface area contributed by atoms with Crippen LogP contribution in [0.4, 0.5) is 5.82 Å². The molecule has 0 unspecified atom stereocenters. The van der Waals surface area contributed by atoms with Gasteiger partial charge in [0.2, 0.25) is 0 Å². The van der Waals surface area contributed by atoms with E-state index in [1.165, 1.54) is 6.33 Å². The highest BCUT2D eigenvalue weighted by Crippen LogP contribution is 2.40. The van der Waals surface area contributed by atoms with Crippen LogP contribution < -0.4 is 5.32 Å². The first-order chi connectivity index (χ1) is 12.2. The van der Waals surface area contributed by atoms with Crippen LogP contribution in [0.3, 0.4) is 0 Å². The maximum absolute atomic E-state index is 6.51. The van der Waals surface area contributed by atoms with Gasteiger partial charge in [-0.1, -0.05) is 34.4 Å². The number of benzene rings is 1. The van der Waals surface area contributed by atoms with Crippen molar-refractivity contribution in [2.24, 2.45) is 0 Å². The standard InChI is InChI=1S/C17H16Cl2N4O2/c18-11-1-2-13(14(19)7-11)17(3-5-24-6-4-17)9-20-15-12-8-23-25-16(12)22-10-21-15/h1-2,7-8,10H,3-6,9H2,(H,20,21,22). The van der Waals surface area contributed by atoms with Crippen molar-refractivity contribution in [2.45, 2.75) is 18.3 Å². The normalized spacial score (nSPS) is 16.9. The maximum Gasteiger partial charge on any atom is 0.262 e. The first-order valence-electron chi connectivity index (χ1n) is 8.00. The van der Waals surface area contributed by atoms with Crippen molar-refractivity contribution in [3.05, 3.63) is 46.3 Å². The molecule has 1 N–H and O–H groups in total. The molecule has 25 heavy (non-hydrogen) atoms. The highest BCUT2D eigenvalue weighted by molar-refractivity contribution is 6.35. The molecule has 0 radical (unpaired) electrons. The molecule has 4 rings (SSSR count). The Morgan fingerprint density at radius 2 is 2.00 bits per heavy atom. The fraction of sp³-hybridized carbons (Fsp3) is 0.353. The molecular weight excluding hydrogens is 363 g/mol. The van der Waals surface area contributed by atoms with Gasteiger partial charge in [-0.2, -0.15) is 4.98 Å². The summed E-state index contributed by atoms with van der Waals surface area (Å²) in [5.74, 6) is 0.696. The summed E-state index contributed by atoms with van der Waals surface area (Å²) in [6.07, 6.45) is 4.80. The van der Waals surface area contributed by atoms with E-state index in [1.807, 2.05) is 12.1 Å². The molecule has 6 nitrogen and oxygen atoms in total. The lowest BCUT2D eigenvalue weighted by Gasteiger charge is -2.38. The smallest absolute Gasteiger partial charge is 0.262 e. The van der Waals surface area contributed by atoms with Crippen LogP contribution in [0.2, 0.25) is 10.0 Å². The molecule has 130 valence electrons. The van der Waals surface area contributed by atoms with Gasteiger partial charge < -0.3 is 14.6 Å². The number of fused-ring (bicyclic) bond motifs is 1. The van der Waals surface area contributed by atoms with Crippen molar-refractivity contribution in [2.75, 3.05) is 25.1 Å². The number of aromatic nitrogens is 3. The molecule has 0 bridgehead atoms. The van der Waals surface area contributed by atoms with E-state index in [4.69, 9.17) is 32.5 Å². The van der Waals surface area contributed by atoms with Crippen molar-refractivity contribution in [3.8, 4) is 0 Å². The Balaban J connectivity index is 1.66. The van der Waals surface area contributed by atoms with Crippen LogP contribution in [0.1, 0.15) is 18.4 Å². The number of hydrogen-bond acceptors (Lipinski definition) is 6. The number of anilines is 1. The van der Waals surface area contributed by atoms with Gasteiger partial charge in [0.15, 0.2) is 0 Å². The minimum absolute atomic E-state index is 0.158. The molecule has 0 aliphatic carbocycles. The van der Waals surface area contributed by atoms with Gasteiger partial charge in [0.05, 0.1) is 6.20 Å². The first-order valence-corrected chi connectivity index (χ1v) is 8.76. The molecular formula is C17H16Cl2N4O2. The van der Waals surface area contributed by atoms with Gasteiger partial charge >= 0.3 is 0 Å². The molecule has 3 heterocycles. The zero-order valence-electron chi connectivity index (χ0n) is 13.3. The Morgan fingerprint density at radius 3 is 2.80 bits per heavy atom. The van der Waals surface area contributed by atoms with Crippen LogP contribution in [0.5, 0.6) is 0 Å². The monoisotopic (exact) mass is 378 g/mol. The van der Waals surface area contributed by atoms with Crippen molar-refractivity contribution in [1.29, 1.82) is 0 Å². The molecule has 1 aliphatic heterocycles. The van der Waals surface area contributed by atoms with Crippen LogP contribution in [-0.2, 0) is 10.2 Å². The van der Waals surface area contributed by atoms with E-state index in [1.54, 1.807) is 12.3 Å². The third kappa shape index (κ3) is 3.17. The highest BCUT2D eigenvalue weighted by atomic mass is 35.5. The van der Waals surface area contributed by atoms with Crippen molar-refractivity contribution >= 4 is 40.1 Å². The second kappa shape index (κ2) is 6.78. The molecule has 0 spiro atoms.